The molecule has 0 atom stereocenters. The fourth-order valence-corrected chi connectivity index (χ4v) is 4.99. The molecule has 1 aromatic heterocycles. The second-order valence-corrected chi connectivity index (χ2v) is 11.3. The molecule has 2 heterocycles. The number of halogens is 1. The maximum absolute atomic E-state index is 13.3. The molecule has 204 valence electrons. The van der Waals surface area contributed by atoms with Gasteiger partial charge in [-0.2, -0.15) is 10.1 Å². The van der Waals surface area contributed by atoms with Crippen molar-refractivity contribution in [1.29, 1.82) is 0 Å². The fourth-order valence-electron chi connectivity index (χ4n) is 4.79. The van der Waals surface area contributed by atoms with Gasteiger partial charge in [0.25, 0.3) is 11.8 Å². The molecular weight excluding hydrogens is 526 g/mol. The Labute approximate surface area is 237 Å². The second-order valence-electron chi connectivity index (χ2n) is 10.9. The van der Waals surface area contributed by atoms with Crippen molar-refractivity contribution in [3.05, 3.63) is 82.1 Å². The Balaban J connectivity index is 1.17. The van der Waals surface area contributed by atoms with Crippen molar-refractivity contribution in [3.8, 4) is 11.3 Å². The number of nitrogens with zero attached hydrogens (tertiary/aromatic N) is 2. The molecule has 2 fully saturated rings. The number of ketones is 1. The van der Waals surface area contributed by atoms with Crippen LogP contribution in [-0.4, -0.2) is 29.9 Å². The molecule has 2 aromatic carbocycles. The molecule has 3 aromatic rings. The number of amides is 2. The van der Waals surface area contributed by atoms with Crippen LogP contribution in [0.3, 0.4) is 0 Å². The number of carbonyl (C=O) groups excluding carboxylic acids is 3. The van der Waals surface area contributed by atoms with E-state index in [0.29, 0.717) is 75.0 Å². The third-order valence-electron chi connectivity index (χ3n) is 7.61. The first-order valence-electron chi connectivity index (χ1n) is 13.8. The number of anilines is 1. The average molecular weight is 556 g/mol. The molecule has 1 N–H and O–H groups in total. The standard InChI is InChI=1S/C32H30ClN3O4/c1-19-26(32(39)36(35-19)24-4-2-3-22(15-24)29(37)13-9-20-5-6-20)17-25-11-14-30(40-25)23-10-12-28(33)27(16-23)31(38)34-18-21-7-8-21/h2-4,10-12,14-17,20-21H,5-9,13,18H2,1H3,(H,34,38)/b26-17-. The third kappa shape index (κ3) is 5.80. The molecule has 0 unspecified atom stereocenters. The summed E-state index contributed by atoms with van der Waals surface area (Å²) in [7, 11) is 0. The summed E-state index contributed by atoms with van der Waals surface area (Å²) in [5.74, 6) is 1.88. The molecule has 7 nitrogen and oxygen atoms in total. The molecule has 6 rings (SSSR count). The van der Waals surface area contributed by atoms with Crippen LogP contribution in [-0.2, 0) is 4.79 Å². The van der Waals surface area contributed by atoms with E-state index in [1.165, 1.54) is 17.9 Å². The van der Waals surface area contributed by atoms with Gasteiger partial charge >= 0.3 is 0 Å². The van der Waals surface area contributed by atoms with Crippen LogP contribution in [0.15, 0.2) is 69.7 Å². The van der Waals surface area contributed by atoms with Gasteiger partial charge in [0, 0.05) is 24.1 Å². The van der Waals surface area contributed by atoms with Crippen molar-refractivity contribution >= 4 is 46.7 Å². The first kappa shape index (κ1) is 26.3. The number of hydrogen-bond acceptors (Lipinski definition) is 5. The maximum atomic E-state index is 13.3. The Kier molecular flexibility index (Phi) is 7.15. The van der Waals surface area contributed by atoms with E-state index in [-0.39, 0.29) is 17.6 Å². The van der Waals surface area contributed by atoms with E-state index in [1.54, 1.807) is 67.6 Å². The highest BCUT2D eigenvalue weighted by Gasteiger charge is 2.30. The Morgan fingerprint density at radius 1 is 1.07 bits per heavy atom. The first-order valence-corrected chi connectivity index (χ1v) is 14.2. The van der Waals surface area contributed by atoms with Crippen molar-refractivity contribution in [2.75, 3.05) is 11.6 Å². The molecular formula is C32H30ClN3O4. The lowest BCUT2D eigenvalue weighted by Gasteiger charge is -2.13. The molecule has 8 heteroatoms. The fraction of sp³-hybridized carbons (Fsp3) is 0.312. The Morgan fingerprint density at radius 2 is 1.88 bits per heavy atom. The quantitative estimate of drug-likeness (QED) is 0.217. The summed E-state index contributed by atoms with van der Waals surface area (Å²) in [6.45, 7) is 2.43. The van der Waals surface area contributed by atoms with E-state index >= 15 is 0 Å². The summed E-state index contributed by atoms with van der Waals surface area (Å²) in [6, 6.07) is 15.8. The zero-order valence-electron chi connectivity index (χ0n) is 22.3. The molecule has 0 saturated heterocycles. The number of hydrogen-bond donors (Lipinski definition) is 1. The Bertz CT molecular complexity index is 1560. The van der Waals surface area contributed by atoms with Gasteiger partial charge in [0.05, 0.1) is 27.6 Å². The molecule has 40 heavy (non-hydrogen) atoms. The summed E-state index contributed by atoms with van der Waals surface area (Å²) >= 11 is 6.31. The van der Waals surface area contributed by atoms with Crippen LogP contribution in [0, 0.1) is 11.8 Å². The van der Waals surface area contributed by atoms with Gasteiger partial charge in [0.1, 0.15) is 11.5 Å². The largest absolute Gasteiger partial charge is 0.457 e. The Hall–Kier alpha value is -3.97. The summed E-state index contributed by atoms with van der Waals surface area (Å²) in [5, 5.41) is 9.11. The molecule has 0 radical (unpaired) electrons. The molecule has 2 saturated carbocycles. The number of hydrazone groups is 1. The van der Waals surface area contributed by atoms with E-state index in [0.717, 1.165) is 19.3 Å². The SMILES string of the molecule is CC1=NN(c2cccc(C(=O)CCC3CC3)c2)C(=O)/C1=C\c1ccc(-c2ccc(Cl)c(C(=O)NCC3CC3)c2)o1. The molecule has 2 aliphatic carbocycles. The maximum Gasteiger partial charge on any atom is 0.280 e. The highest BCUT2D eigenvalue weighted by Crippen LogP contribution is 2.34. The highest BCUT2D eigenvalue weighted by atomic mass is 35.5. The number of nitrogens with one attached hydrogen (secondary N) is 1. The number of carbonyl (C=O) groups is 3. The minimum Gasteiger partial charge on any atom is -0.457 e. The highest BCUT2D eigenvalue weighted by molar-refractivity contribution is 6.34. The van der Waals surface area contributed by atoms with Crippen molar-refractivity contribution in [1.82, 2.24) is 5.32 Å². The number of Topliss-reactive ketones (excluding diaryl/α,β-unsaturated/α-hetero) is 1. The smallest absolute Gasteiger partial charge is 0.280 e. The predicted octanol–water partition coefficient (Wildman–Crippen LogP) is 6.92. The van der Waals surface area contributed by atoms with E-state index in [9.17, 15) is 14.4 Å². The molecule has 0 bridgehead atoms. The zero-order chi connectivity index (χ0) is 27.8. The zero-order valence-corrected chi connectivity index (χ0v) is 23.0. The lowest BCUT2D eigenvalue weighted by molar-refractivity contribution is -0.114. The van der Waals surface area contributed by atoms with Crippen LogP contribution in [0.1, 0.15) is 71.9 Å². The van der Waals surface area contributed by atoms with Crippen molar-refractivity contribution in [3.63, 3.8) is 0 Å². The Morgan fingerprint density at radius 3 is 2.65 bits per heavy atom. The lowest BCUT2D eigenvalue weighted by Crippen LogP contribution is -2.25. The van der Waals surface area contributed by atoms with Gasteiger partial charge in [-0.15, -0.1) is 0 Å². The summed E-state index contributed by atoms with van der Waals surface area (Å²) < 4.78 is 6.03. The summed E-state index contributed by atoms with van der Waals surface area (Å²) in [5.41, 5.74) is 3.21. The number of benzene rings is 2. The van der Waals surface area contributed by atoms with Gasteiger partial charge in [-0.05, 0) is 86.6 Å². The van der Waals surface area contributed by atoms with E-state index in [1.807, 2.05) is 0 Å². The second kappa shape index (κ2) is 10.9. The number of rotatable bonds is 10. The molecule has 2 amide bonds. The normalized spacial score (nSPS) is 17.9. The van der Waals surface area contributed by atoms with Crippen molar-refractivity contribution in [2.45, 2.75) is 45.4 Å². The van der Waals surface area contributed by atoms with E-state index < -0.39 is 0 Å². The van der Waals surface area contributed by atoms with Gasteiger partial charge in [-0.25, -0.2) is 0 Å². The van der Waals surface area contributed by atoms with Crippen LogP contribution in [0.25, 0.3) is 17.4 Å². The monoisotopic (exact) mass is 555 g/mol. The third-order valence-corrected chi connectivity index (χ3v) is 7.94. The number of furan rings is 1. The van der Waals surface area contributed by atoms with Gasteiger partial charge in [0.2, 0.25) is 0 Å². The van der Waals surface area contributed by atoms with E-state index in [2.05, 4.69) is 10.4 Å². The van der Waals surface area contributed by atoms with Crippen LogP contribution in [0.2, 0.25) is 5.02 Å². The van der Waals surface area contributed by atoms with Crippen LogP contribution >= 0.6 is 11.6 Å². The minimum atomic E-state index is -0.292. The van der Waals surface area contributed by atoms with Gasteiger partial charge in [0.15, 0.2) is 5.78 Å². The molecule has 0 spiro atoms. The van der Waals surface area contributed by atoms with E-state index in [4.69, 9.17) is 16.0 Å². The molecule has 3 aliphatic rings. The van der Waals surface area contributed by atoms with Crippen molar-refractivity contribution < 1.29 is 18.8 Å². The summed E-state index contributed by atoms with van der Waals surface area (Å²) in [4.78, 5) is 38.6. The van der Waals surface area contributed by atoms with Gasteiger partial charge in [-0.1, -0.05) is 36.6 Å². The van der Waals surface area contributed by atoms with Crippen molar-refractivity contribution in [2.24, 2.45) is 16.9 Å². The first-order chi connectivity index (χ1) is 19.4. The van der Waals surface area contributed by atoms with Crippen LogP contribution < -0.4 is 10.3 Å². The molecule has 1 aliphatic heterocycles. The topological polar surface area (TPSA) is 92.0 Å². The summed E-state index contributed by atoms with van der Waals surface area (Å²) in [6.07, 6.45) is 7.84. The van der Waals surface area contributed by atoms with Gasteiger partial charge < -0.3 is 9.73 Å². The minimum absolute atomic E-state index is 0.0886. The van der Waals surface area contributed by atoms with Crippen LogP contribution in [0.4, 0.5) is 5.69 Å². The van der Waals surface area contributed by atoms with Gasteiger partial charge in [-0.3, -0.25) is 14.4 Å². The van der Waals surface area contributed by atoms with Crippen LogP contribution in [0.5, 0.6) is 0 Å². The predicted molar refractivity (Wildman–Crippen MR) is 156 cm³/mol. The lowest BCUT2D eigenvalue weighted by atomic mass is 10.0. The average Bonchev–Trinajstić information content (AvgIpc) is 3.89.